The molecule has 3 rings (SSSR count). The number of rotatable bonds is 6. The lowest BCUT2D eigenvalue weighted by atomic mass is 9.94. The van der Waals surface area contributed by atoms with Crippen LogP contribution < -0.4 is 0 Å². The molecule has 0 bridgehead atoms. The van der Waals surface area contributed by atoms with Crippen LogP contribution in [0.1, 0.15) is 55.2 Å². The molecule has 0 unspecified atom stereocenters. The van der Waals surface area contributed by atoms with E-state index in [1.807, 2.05) is 53.6 Å². The van der Waals surface area contributed by atoms with Crippen LogP contribution in [0.4, 0.5) is 0 Å². The fourth-order valence-corrected chi connectivity index (χ4v) is 3.90. The second-order valence-corrected chi connectivity index (χ2v) is 8.11. The average molecular weight is 397 g/mol. The van der Waals surface area contributed by atoms with Gasteiger partial charge in [-0.05, 0) is 38.7 Å². The summed E-state index contributed by atoms with van der Waals surface area (Å²) in [6.07, 6.45) is 3.90. The number of carbonyl (C=O) groups excluding carboxylic acids is 2. The number of benzene rings is 1. The van der Waals surface area contributed by atoms with E-state index < -0.39 is 0 Å². The van der Waals surface area contributed by atoms with Crippen molar-refractivity contribution >= 4 is 11.8 Å². The number of hydrogen-bond donors (Lipinski definition) is 0. The molecule has 0 spiro atoms. The van der Waals surface area contributed by atoms with Gasteiger partial charge in [-0.1, -0.05) is 37.3 Å². The number of nitrogens with zero attached hydrogens (tertiary/aromatic N) is 4. The van der Waals surface area contributed by atoms with Crippen molar-refractivity contribution in [3.63, 3.8) is 0 Å². The molecule has 0 atom stereocenters. The largest absolute Gasteiger partial charge is 0.343 e. The molecule has 1 aliphatic rings. The zero-order valence-corrected chi connectivity index (χ0v) is 18.0. The van der Waals surface area contributed by atoms with Crippen LogP contribution in [0.3, 0.4) is 0 Å². The summed E-state index contributed by atoms with van der Waals surface area (Å²) in [4.78, 5) is 29.4. The first-order chi connectivity index (χ1) is 13.9. The molecule has 2 heterocycles. The highest BCUT2D eigenvalue weighted by Crippen LogP contribution is 2.23. The Balaban J connectivity index is 1.66. The molecule has 2 amide bonds. The second kappa shape index (κ2) is 9.25. The van der Waals surface area contributed by atoms with Gasteiger partial charge in [-0.3, -0.25) is 14.3 Å². The SMILES string of the molecule is CCc1c(C(=O)N2CCC(C(=O)N(C)C(C)C)CC2)cnn1Cc1ccccc1. The third-order valence-electron chi connectivity index (χ3n) is 5.94. The molecule has 0 saturated carbocycles. The Bertz CT molecular complexity index is 836. The lowest BCUT2D eigenvalue weighted by molar-refractivity contribution is -0.137. The highest BCUT2D eigenvalue weighted by Gasteiger charge is 2.31. The minimum absolute atomic E-state index is 0.0119. The molecular weight excluding hydrogens is 364 g/mol. The van der Waals surface area contributed by atoms with Crippen molar-refractivity contribution in [2.75, 3.05) is 20.1 Å². The van der Waals surface area contributed by atoms with Crippen LogP contribution in [0.15, 0.2) is 36.5 Å². The van der Waals surface area contributed by atoms with Crippen LogP contribution in [0.5, 0.6) is 0 Å². The Labute approximate surface area is 173 Å². The summed E-state index contributed by atoms with van der Waals surface area (Å²) in [5.41, 5.74) is 2.82. The molecule has 2 aromatic rings. The van der Waals surface area contributed by atoms with E-state index in [2.05, 4.69) is 24.2 Å². The normalized spacial score (nSPS) is 15.0. The van der Waals surface area contributed by atoms with E-state index in [9.17, 15) is 9.59 Å². The maximum absolute atomic E-state index is 13.1. The monoisotopic (exact) mass is 396 g/mol. The van der Waals surface area contributed by atoms with Gasteiger partial charge in [-0.15, -0.1) is 0 Å². The third kappa shape index (κ3) is 4.69. The number of carbonyl (C=O) groups is 2. The fourth-order valence-electron chi connectivity index (χ4n) is 3.90. The van der Waals surface area contributed by atoms with Crippen molar-refractivity contribution in [3.05, 3.63) is 53.3 Å². The highest BCUT2D eigenvalue weighted by molar-refractivity contribution is 5.95. The molecule has 6 nitrogen and oxygen atoms in total. The van der Waals surface area contributed by atoms with Crippen molar-refractivity contribution in [2.24, 2.45) is 5.92 Å². The first-order valence-electron chi connectivity index (χ1n) is 10.6. The lowest BCUT2D eigenvalue weighted by Crippen LogP contribution is -2.45. The van der Waals surface area contributed by atoms with Crippen LogP contribution in [0.2, 0.25) is 0 Å². The summed E-state index contributed by atoms with van der Waals surface area (Å²) in [5.74, 6) is 0.235. The molecule has 6 heteroatoms. The Hall–Kier alpha value is -2.63. The molecule has 0 aliphatic carbocycles. The Kier molecular flexibility index (Phi) is 6.72. The molecule has 1 saturated heterocycles. The van der Waals surface area contributed by atoms with E-state index in [0.29, 0.717) is 25.2 Å². The van der Waals surface area contributed by atoms with E-state index in [1.165, 1.54) is 0 Å². The number of amides is 2. The Morgan fingerprint density at radius 2 is 1.83 bits per heavy atom. The molecular formula is C23H32N4O2. The molecule has 29 heavy (non-hydrogen) atoms. The van der Waals surface area contributed by atoms with Crippen molar-refractivity contribution < 1.29 is 9.59 Å². The van der Waals surface area contributed by atoms with Crippen LogP contribution in [0, 0.1) is 5.92 Å². The molecule has 0 N–H and O–H groups in total. The Morgan fingerprint density at radius 3 is 2.41 bits per heavy atom. The van der Waals surface area contributed by atoms with Crippen molar-refractivity contribution in [2.45, 2.75) is 52.6 Å². The van der Waals surface area contributed by atoms with Crippen LogP contribution >= 0.6 is 0 Å². The van der Waals surface area contributed by atoms with Crippen molar-refractivity contribution in [1.29, 1.82) is 0 Å². The van der Waals surface area contributed by atoms with Gasteiger partial charge in [0.05, 0.1) is 24.0 Å². The van der Waals surface area contributed by atoms with E-state index in [4.69, 9.17) is 0 Å². The van der Waals surface area contributed by atoms with Gasteiger partial charge >= 0.3 is 0 Å². The predicted octanol–water partition coefficient (Wildman–Crippen LogP) is 3.21. The first kappa shape index (κ1) is 21.1. The average Bonchev–Trinajstić information content (AvgIpc) is 3.15. The summed E-state index contributed by atoms with van der Waals surface area (Å²) < 4.78 is 1.93. The summed E-state index contributed by atoms with van der Waals surface area (Å²) in [6, 6.07) is 10.4. The summed E-state index contributed by atoms with van der Waals surface area (Å²) in [6.45, 7) is 8.01. The minimum Gasteiger partial charge on any atom is -0.343 e. The predicted molar refractivity (Wildman–Crippen MR) is 114 cm³/mol. The van der Waals surface area contributed by atoms with E-state index >= 15 is 0 Å². The molecule has 1 fully saturated rings. The summed E-state index contributed by atoms with van der Waals surface area (Å²) in [5, 5.41) is 4.49. The van der Waals surface area contributed by atoms with Gasteiger partial charge < -0.3 is 9.80 Å². The van der Waals surface area contributed by atoms with Crippen LogP contribution in [-0.2, 0) is 17.8 Å². The zero-order valence-electron chi connectivity index (χ0n) is 18.0. The molecule has 1 aliphatic heterocycles. The standard InChI is InChI=1S/C23H32N4O2/c1-5-21-20(15-24-27(21)16-18-9-7-6-8-10-18)23(29)26-13-11-19(12-14-26)22(28)25(4)17(2)3/h6-10,15,17,19H,5,11-14,16H2,1-4H3. The maximum atomic E-state index is 13.1. The third-order valence-corrected chi connectivity index (χ3v) is 5.94. The van der Waals surface area contributed by atoms with E-state index in [-0.39, 0.29) is 23.8 Å². The topological polar surface area (TPSA) is 58.4 Å². The molecule has 0 radical (unpaired) electrons. The van der Waals surface area contributed by atoms with E-state index in [1.54, 1.807) is 6.20 Å². The van der Waals surface area contributed by atoms with Gasteiger partial charge in [0.25, 0.3) is 5.91 Å². The second-order valence-electron chi connectivity index (χ2n) is 8.11. The van der Waals surface area contributed by atoms with Gasteiger partial charge in [0.15, 0.2) is 0 Å². The lowest BCUT2D eigenvalue weighted by Gasteiger charge is -2.34. The number of aromatic nitrogens is 2. The quantitative estimate of drug-likeness (QED) is 0.753. The van der Waals surface area contributed by atoms with Gasteiger partial charge in [0.2, 0.25) is 5.91 Å². The van der Waals surface area contributed by atoms with Crippen LogP contribution in [-0.4, -0.2) is 57.6 Å². The number of piperidine rings is 1. The Morgan fingerprint density at radius 1 is 1.17 bits per heavy atom. The molecule has 156 valence electrons. The first-order valence-corrected chi connectivity index (χ1v) is 10.6. The van der Waals surface area contributed by atoms with Gasteiger partial charge in [0, 0.05) is 32.1 Å². The summed E-state index contributed by atoms with van der Waals surface area (Å²) in [7, 11) is 1.86. The van der Waals surface area contributed by atoms with Crippen molar-refractivity contribution in [3.8, 4) is 0 Å². The van der Waals surface area contributed by atoms with Crippen LogP contribution in [0.25, 0.3) is 0 Å². The minimum atomic E-state index is 0.0119. The van der Waals surface area contributed by atoms with Gasteiger partial charge in [0.1, 0.15) is 0 Å². The summed E-state index contributed by atoms with van der Waals surface area (Å²) >= 11 is 0. The highest BCUT2D eigenvalue weighted by atomic mass is 16.2. The molecule has 1 aromatic heterocycles. The molecule has 1 aromatic carbocycles. The zero-order chi connectivity index (χ0) is 21.0. The van der Waals surface area contributed by atoms with Gasteiger partial charge in [-0.2, -0.15) is 5.10 Å². The number of likely N-dealkylation sites (tertiary alicyclic amines) is 1. The maximum Gasteiger partial charge on any atom is 0.257 e. The van der Waals surface area contributed by atoms with Gasteiger partial charge in [-0.25, -0.2) is 0 Å². The van der Waals surface area contributed by atoms with E-state index in [0.717, 1.165) is 30.5 Å². The van der Waals surface area contributed by atoms with Crippen molar-refractivity contribution in [1.82, 2.24) is 19.6 Å². The fraction of sp³-hybridized carbons (Fsp3) is 0.522. The number of hydrogen-bond acceptors (Lipinski definition) is 3. The smallest absolute Gasteiger partial charge is 0.257 e.